The van der Waals surface area contributed by atoms with Gasteiger partial charge < -0.3 is 4.90 Å². The van der Waals surface area contributed by atoms with E-state index in [4.69, 9.17) is 0 Å². The molecule has 0 bridgehead atoms. The van der Waals surface area contributed by atoms with Gasteiger partial charge in [0.1, 0.15) is 0 Å². The largest absolute Gasteiger partial charge is 0.306 e. The van der Waals surface area contributed by atoms with Crippen LogP contribution >= 0.6 is 0 Å². The molecule has 26 heavy (non-hydrogen) atoms. The quantitative estimate of drug-likeness (QED) is 0.663. The highest BCUT2D eigenvalue weighted by atomic mass is 15.1. The van der Waals surface area contributed by atoms with E-state index in [0.717, 1.165) is 0 Å². The normalized spacial score (nSPS) is 29.5. The predicted octanol–water partition coefficient (Wildman–Crippen LogP) is 5.80. The zero-order valence-corrected chi connectivity index (χ0v) is 17.2. The van der Waals surface area contributed by atoms with E-state index in [9.17, 15) is 0 Å². The molecule has 2 aliphatic carbocycles. The topological polar surface area (TPSA) is 3.24 Å². The third kappa shape index (κ3) is 2.63. The second kappa shape index (κ2) is 6.23. The van der Waals surface area contributed by atoms with Gasteiger partial charge in [-0.25, -0.2) is 0 Å². The monoisotopic (exact) mass is 347 g/mol. The Bertz CT molecular complexity index is 802. The molecule has 1 nitrogen and oxygen atoms in total. The third-order valence-electron chi connectivity index (χ3n) is 7.26. The van der Waals surface area contributed by atoms with Crippen LogP contribution in [0.3, 0.4) is 0 Å². The van der Waals surface area contributed by atoms with Crippen molar-refractivity contribution in [3.63, 3.8) is 0 Å². The van der Waals surface area contributed by atoms with Crippen molar-refractivity contribution in [2.45, 2.75) is 63.8 Å². The standard InChI is InChI=1S/C25H33N/c1-16-12-17(2)23-21(13-16)22-15-19(26(5)6)14-20(24(22)25(23,3)4)18-10-8-7-9-11-18/h7-13,19-20,22,24H,14-15H2,1-6H3/t19?,20?,22?,24-/m1/s1. The maximum Gasteiger partial charge on any atom is 0.0101 e. The average Bonchev–Trinajstić information content (AvgIpc) is 2.82. The molecule has 0 spiro atoms. The van der Waals surface area contributed by atoms with Crippen molar-refractivity contribution in [2.24, 2.45) is 5.92 Å². The van der Waals surface area contributed by atoms with E-state index < -0.39 is 0 Å². The SMILES string of the molecule is Cc1cc(C)c2c(c1)C1CC(N(C)C)CC(c3ccccc3)[C@H]1C2(C)C. The van der Waals surface area contributed by atoms with Crippen molar-refractivity contribution < 1.29 is 0 Å². The molecule has 1 saturated carbocycles. The van der Waals surface area contributed by atoms with Crippen LogP contribution in [0.1, 0.15) is 66.3 Å². The van der Waals surface area contributed by atoms with E-state index in [1.54, 1.807) is 11.1 Å². The maximum absolute atomic E-state index is 2.50. The summed E-state index contributed by atoms with van der Waals surface area (Å²) in [4.78, 5) is 2.46. The number of fused-ring (bicyclic) bond motifs is 3. The molecular formula is C25H33N. The van der Waals surface area contributed by atoms with Gasteiger partial charge in [-0.15, -0.1) is 0 Å². The van der Waals surface area contributed by atoms with Gasteiger partial charge in [0.2, 0.25) is 0 Å². The van der Waals surface area contributed by atoms with Gasteiger partial charge in [-0.3, -0.25) is 0 Å². The van der Waals surface area contributed by atoms with Gasteiger partial charge in [-0.1, -0.05) is 61.9 Å². The highest BCUT2D eigenvalue weighted by molar-refractivity contribution is 5.51. The molecule has 4 atom stereocenters. The molecule has 1 fully saturated rings. The first-order valence-electron chi connectivity index (χ1n) is 10.1. The van der Waals surface area contributed by atoms with Crippen LogP contribution in [-0.4, -0.2) is 25.0 Å². The van der Waals surface area contributed by atoms with Crippen molar-refractivity contribution in [3.05, 3.63) is 70.3 Å². The first-order chi connectivity index (χ1) is 12.3. The summed E-state index contributed by atoms with van der Waals surface area (Å²) >= 11 is 0. The van der Waals surface area contributed by atoms with Crippen molar-refractivity contribution in [1.82, 2.24) is 4.90 Å². The van der Waals surface area contributed by atoms with Gasteiger partial charge in [0.15, 0.2) is 0 Å². The third-order valence-corrected chi connectivity index (χ3v) is 7.26. The van der Waals surface area contributed by atoms with Crippen LogP contribution in [-0.2, 0) is 5.41 Å². The van der Waals surface area contributed by atoms with Crippen molar-refractivity contribution in [2.75, 3.05) is 14.1 Å². The van der Waals surface area contributed by atoms with Crippen molar-refractivity contribution >= 4 is 0 Å². The van der Waals surface area contributed by atoms with Crippen LogP contribution in [0.25, 0.3) is 0 Å². The average molecular weight is 348 g/mol. The van der Waals surface area contributed by atoms with E-state index in [2.05, 4.69) is 89.2 Å². The summed E-state index contributed by atoms with van der Waals surface area (Å²) in [7, 11) is 4.52. The van der Waals surface area contributed by atoms with E-state index in [0.29, 0.717) is 23.8 Å². The van der Waals surface area contributed by atoms with Crippen molar-refractivity contribution in [3.8, 4) is 0 Å². The molecule has 2 aromatic rings. The Morgan fingerprint density at radius 2 is 1.58 bits per heavy atom. The fourth-order valence-electron chi connectivity index (χ4n) is 6.39. The lowest BCUT2D eigenvalue weighted by Gasteiger charge is -2.46. The zero-order valence-electron chi connectivity index (χ0n) is 17.2. The molecule has 1 heteroatoms. The fraction of sp³-hybridized carbons (Fsp3) is 0.520. The molecule has 0 N–H and O–H groups in total. The molecule has 0 heterocycles. The highest BCUT2D eigenvalue weighted by Gasteiger charge is 2.53. The second-order valence-corrected chi connectivity index (χ2v) is 9.51. The lowest BCUT2D eigenvalue weighted by Crippen LogP contribution is -2.42. The number of aryl methyl sites for hydroxylation is 2. The van der Waals surface area contributed by atoms with Gasteiger partial charge in [0.05, 0.1) is 0 Å². The Hall–Kier alpha value is -1.60. The molecule has 0 aromatic heterocycles. The van der Waals surface area contributed by atoms with Crippen molar-refractivity contribution in [1.29, 1.82) is 0 Å². The molecule has 2 aromatic carbocycles. The molecule has 0 aliphatic heterocycles. The van der Waals surface area contributed by atoms with Gasteiger partial charge in [0.25, 0.3) is 0 Å². The van der Waals surface area contributed by atoms with Gasteiger partial charge >= 0.3 is 0 Å². The Kier molecular flexibility index (Phi) is 4.27. The minimum Gasteiger partial charge on any atom is -0.306 e. The lowest BCUT2D eigenvalue weighted by molar-refractivity contribution is 0.121. The van der Waals surface area contributed by atoms with E-state index >= 15 is 0 Å². The molecule has 0 amide bonds. The fourth-order valence-corrected chi connectivity index (χ4v) is 6.39. The first kappa shape index (κ1) is 17.8. The first-order valence-corrected chi connectivity index (χ1v) is 10.1. The van der Waals surface area contributed by atoms with Gasteiger partial charge in [-0.2, -0.15) is 0 Å². The lowest BCUT2D eigenvalue weighted by atomic mass is 9.61. The van der Waals surface area contributed by atoms with E-state index in [1.807, 2.05) is 0 Å². The van der Waals surface area contributed by atoms with E-state index in [1.165, 1.54) is 29.5 Å². The molecule has 138 valence electrons. The van der Waals surface area contributed by atoms with Crippen LogP contribution in [0, 0.1) is 19.8 Å². The van der Waals surface area contributed by atoms with Crippen LogP contribution in [0.15, 0.2) is 42.5 Å². The van der Waals surface area contributed by atoms with Crippen LogP contribution < -0.4 is 0 Å². The van der Waals surface area contributed by atoms with Crippen LogP contribution in [0.4, 0.5) is 0 Å². The number of benzene rings is 2. The number of nitrogens with zero attached hydrogens (tertiary/aromatic N) is 1. The molecule has 0 saturated heterocycles. The Morgan fingerprint density at radius 3 is 2.23 bits per heavy atom. The second-order valence-electron chi connectivity index (χ2n) is 9.51. The number of hydrogen-bond acceptors (Lipinski definition) is 1. The van der Waals surface area contributed by atoms with Crippen LogP contribution in [0.5, 0.6) is 0 Å². The summed E-state index contributed by atoms with van der Waals surface area (Å²) in [6, 6.07) is 16.8. The van der Waals surface area contributed by atoms with Crippen LogP contribution in [0.2, 0.25) is 0 Å². The molecular weight excluding hydrogens is 314 g/mol. The minimum absolute atomic E-state index is 0.232. The molecule has 2 aliphatic rings. The van der Waals surface area contributed by atoms with Gasteiger partial charge in [0, 0.05) is 6.04 Å². The summed E-state index contributed by atoms with van der Waals surface area (Å²) in [5, 5.41) is 0. The molecule has 0 radical (unpaired) electrons. The predicted molar refractivity (Wildman–Crippen MR) is 111 cm³/mol. The maximum atomic E-state index is 2.50. The Balaban J connectivity index is 1.88. The summed E-state index contributed by atoms with van der Waals surface area (Å²) in [6.45, 7) is 9.59. The number of rotatable bonds is 2. The Labute approximate surface area is 159 Å². The number of hydrogen-bond donors (Lipinski definition) is 0. The summed E-state index contributed by atoms with van der Waals surface area (Å²) in [5.74, 6) is 1.99. The summed E-state index contributed by atoms with van der Waals surface area (Å²) in [5.41, 5.74) is 7.96. The smallest absolute Gasteiger partial charge is 0.0101 e. The summed E-state index contributed by atoms with van der Waals surface area (Å²) in [6.07, 6.45) is 2.56. The highest BCUT2D eigenvalue weighted by Crippen LogP contribution is 2.61. The minimum atomic E-state index is 0.232. The molecule has 3 unspecified atom stereocenters. The molecule has 4 rings (SSSR count). The van der Waals surface area contributed by atoms with E-state index in [-0.39, 0.29) is 5.41 Å². The zero-order chi connectivity index (χ0) is 18.6. The Morgan fingerprint density at radius 1 is 0.923 bits per heavy atom. The van der Waals surface area contributed by atoms with Gasteiger partial charge in [-0.05, 0) is 86.2 Å². The summed E-state index contributed by atoms with van der Waals surface area (Å²) < 4.78 is 0.